The van der Waals surface area contributed by atoms with Crippen LogP contribution in [0.4, 0.5) is 0 Å². The topological polar surface area (TPSA) is 40.5 Å². The Bertz CT molecular complexity index is 798. The van der Waals surface area contributed by atoms with E-state index in [1.165, 1.54) is 115 Å². The average molecular weight is 525 g/mol. The summed E-state index contributed by atoms with van der Waals surface area (Å²) < 4.78 is 0. The molecule has 0 bridgehead atoms. The summed E-state index contributed by atoms with van der Waals surface area (Å²) in [5.41, 5.74) is 4.18. The van der Waals surface area contributed by atoms with Crippen LogP contribution in [-0.2, 0) is 6.42 Å². The number of unbranched alkanes of at least 4 members (excludes halogenated alkanes) is 17. The van der Waals surface area contributed by atoms with E-state index in [-0.39, 0.29) is 23.3 Å². The standard InChI is InChI=1S/C36H60O2/c1-5-6-7-8-9-10-11-12-13-14-15-16-17-18-19-20-21-22-23-31-27-34(37)36(35(38)28-31)33-26-30(4)24-25-32(33)29(2)3/h26-28,32-33,37-38H,2,5-25H2,1,3-4H3/t32-,33-/m1/s1. The van der Waals surface area contributed by atoms with Gasteiger partial charge in [0, 0.05) is 11.5 Å². The third-order valence-corrected chi connectivity index (χ3v) is 8.73. The van der Waals surface area contributed by atoms with Crippen LogP contribution in [0.15, 0.2) is 35.9 Å². The lowest BCUT2D eigenvalue weighted by Gasteiger charge is -2.31. The molecule has 0 spiro atoms. The van der Waals surface area contributed by atoms with Gasteiger partial charge in [0.25, 0.3) is 0 Å². The fourth-order valence-corrected chi connectivity index (χ4v) is 6.30. The van der Waals surface area contributed by atoms with Crippen molar-refractivity contribution in [3.05, 3.63) is 47.1 Å². The minimum atomic E-state index is 0.0143. The van der Waals surface area contributed by atoms with E-state index in [4.69, 9.17) is 0 Å². The van der Waals surface area contributed by atoms with Crippen LogP contribution in [0.2, 0.25) is 0 Å². The molecule has 0 aliphatic heterocycles. The Labute approximate surface area is 236 Å². The molecule has 0 saturated heterocycles. The maximum atomic E-state index is 10.8. The van der Waals surface area contributed by atoms with Gasteiger partial charge in [-0.05, 0) is 63.1 Å². The van der Waals surface area contributed by atoms with E-state index in [9.17, 15) is 10.2 Å². The number of phenols is 2. The highest BCUT2D eigenvalue weighted by molar-refractivity contribution is 5.51. The van der Waals surface area contributed by atoms with E-state index in [0.717, 1.165) is 36.8 Å². The molecule has 0 fully saturated rings. The average Bonchev–Trinajstić information content (AvgIpc) is 2.87. The molecule has 1 aliphatic rings. The second-order valence-corrected chi connectivity index (χ2v) is 12.3. The van der Waals surface area contributed by atoms with E-state index in [1.807, 2.05) is 12.1 Å². The van der Waals surface area contributed by atoms with E-state index in [2.05, 4.69) is 33.4 Å². The number of hydrogen-bond acceptors (Lipinski definition) is 2. The molecule has 0 radical (unpaired) electrons. The number of benzene rings is 1. The van der Waals surface area contributed by atoms with Crippen LogP contribution < -0.4 is 0 Å². The second-order valence-electron chi connectivity index (χ2n) is 12.3. The molecule has 0 unspecified atom stereocenters. The predicted octanol–water partition coefficient (Wildman–Crippen LogP) is 11.7. The van der Waals surface area contributed by atoms with Crippen molar-refractivity contribution in [3.8, 4) is 11.5 Å². The van der Waals surface area contributed by atoms with Gasteiger partial charge >= 0.3 is 0 Å². The van der Waals surface area contributed by atoms with E-state index in [1.54, 1.807) is 0 Å². The van der Waals surface area contributed by atoms with Crippen LogP contribution in [-0.4, -0.2) is 10.2 Å². The minimum Gasteiger partial charge on any atom is -0.507 e. The van der Waals surface area contributed by atoms with Crippen LogP contribution in [0.1, 0.15) is 166 Å². The van der Waals surface area contributed by atoms with Crippen molar-refractivity contribution in [3.63, 3.8) is 0 Å². The number of phenolic OH excluding ortho intramolecular Hbond substituents is 2. The first kappa shape index (κ1) is 32.5. The molecule has 1 aromatic carbocycles. The van der Waals surface area contributed by atoms with Gasteiger partial charge in [-0.2, -0.15) is 0 Å². The van der Waals surface area contributed by atoms with Crippen LogP contribution in [0, 0.1) is 5.92 Å². The Morgan fingerprint density at radius 3 is 1.58 bits per heavy atom. The Morgan fingerprint density at radius 2 is 1.16 bits per heavy atom. The fraction of sp³-hybridized carbons (Fsp3) is 0.722. The predicted molar refractivity (Wildman–Crippen MR) is 166 cm³/mol. The largest absolute Gasteiger partial charge is 0.507 e. The van der Waals surface area contributed by atoms with Gasteiger partial charge in [0.1, 0.15) is 11.5 Å². The molecule has 2 nitrogen and oxygen atoms in total. The molecule has 216 valence electrons. The Balaban J connectivity index is 1.53. The highest BCUT2D eigenvalue weighted by Crippen LogP contribution is 2.46. The maximum absolute atomic E-state index is 10.8. The quantitative estimate of drug-likeness (QED) is 0.124. The molecule has 0 saturated carbocycles. The highest BCUT2D eigenvalue weighted by atomic mass is 16.3. The van der Waals surface area contributed by atoms with E-state index in [0.29, 0.717) is 5.56 Å². The van der Waals surface area contributed by atoms with Gasteiger partial charge in [0.15, 0.2) is 0 Å². The number of rotatable bonds is 21. The Morgan fingerprint density at radius 1 is 0.737 bits per heavy atom. The first-order chi connectivity index (χ1) is 18.4. The fourth-order valence-electron chi connectivity index (χ4n) is 6.30. The molecule has 38 heavy (non-hydrogen) atoms. The zero-order chi connectivity index (χ0) is 27.6. The third kappa shape index (κ3) is 12.4. The molecular formula is C36H60O2. The summed E-state index contributed by atoms with van der Waals surface area (Å²) in [5.74, 6) is 0.769. The SMILES string of the molecule is C=C(C)[C@H]1CCC(C)=C[C@H]1c1c(O)cc(CCCCCCCCCCCCCCCCCCCC)cc1O. The van der Waals surface area contributed by atoms with Gasteiger partial charge in [0.2, 0.25) is 0 Å². The summed E-state index contributed by atoms with van der Waals surface area (Å²) in [6, 6.07) is 3.77. The molecule has 2 N–H and O–H groups in total. The lowest BCUT2D eigenvalue weighted by atomic mass is 9.73. The molecule has 0 aromatic heterocycles. The summed E-state index contributed by atoms with van der Waals surface area (Å²) in [6.07, 6.45) is 30.1. The summed E-state index contributed by atoms with van der Waals surface area (Å²) in [5, 5.41) is 21.7. The lowest BCUT2D eigenvalue weighted by molar-refractivity contribution is 0.406. The molecule has 1 aromatic rings. The molecule has 2 heteroatoms. The maximum Gasteiger partial charge on any atom is 0.123 e. The normalized spacial score (nSPS) is 17.5. The van der Waals surface area contributed by atoms with Crippen LogP contribution >= 0.6 is 0 Å². The molecule has 0 heterocycles. The zero-order valence-corrected chi connectivity index (χ0v) is 25.3. The summed E-state index contributed by atoms with van der Waals surface area (Å²) in [7, 11) is 0. The van der Waals surface area contributed by atoms with Crippen LogP contribution in [0.5, 0.6) is 11.5 Å². The van der Waals surface area contributed by atoms with Crippen molar-refractivity contribution in [2.24, 2.45) is 5.92 Å². The lowest BCUT2D eigenvalue weighted by Crippen LogP contribution is -2.17. The van der Waals surface area contributed by atoms with Gasteiger partial charge in [-0.1, -0.05) is 140 Å². The van der Waals surface area contributed by atoms with Gasteiger partial charge in [0.05, 0.1) is 0 Å². The molecule has 1 aliphatic carbocycles. The van der Waals surface area contributed by atoms with Gasteiger partial charge in [-0.25, -0.2) is 0 Å². The summed E-state index contributed by atoms with van der Waals surface area (Å²) >= 11 is 0. The monoisotopic (exact) mass is 524 g/mol. The first-order valence-electron chi connectivity index (χ1n) is 16.3. The van der Waals surface area contributed by atoms with Gasteiger partial charge in [-0.15, -0.1) is 0 Å². The van der Waals surface area contributed by atoms with Gasteiger partial charge < -0.3 is 10.2 Å². The van der Waals surface area contributed by atoms with Crippen molar-refractivity contribution < 1.29 is 10.2 Å². The van der Waals surface area contributed by atoms with Crippen LogP contribution in [0.25, 0.3) is 0 Å². The first-order valence-corrected chi connectivity index (χ1v) is 16.3. The highest BCUT2D eigenvalue weighted by Gasteiger charge is 2.30. The number of hydrogen-bond donors (Lipinski definition) is 2. The number of aryl methyl sites for hydroxylation is 1. The molecular weight excluding hydrogens is 464 g/mol. The van der Waals surface area contributed by atoms with Crippen LogP contribution in [0.3, 0.4) is 0 Å². The second kappa shape index (κ2) is 19.4. The van der Waals surface area contributed by atoms with Crippen molar-refractivity contribution in [2.45, 2.75) is 162 Å². The Hall–Kier alpha value is -1.70. The Kier molecular flexibility index (Phi) is 16.6. The smallest absolute Gasteiger partial charge is 0.123 e. The minimum absolute atomic E-state index is 0.0143. The van der Waals surface area contributed by atoms with Gasteiger partial charge in [-0.3, -0.25) is 0 Å². The molecule has 2 rings (SSSR count). The van der Waals surface area contributed by atoms with Crippen molar-refractivity contribution in [2.75, 3.05) is 0 Å². The summed E-state index contributed by atoms with van der Waals surface area (Å²) in [6.45, 7) is 10.7. The number of aromatic hydroxyl groups is 2. The van der Waals surface area contributed by atoms with Crippen molar-refractivity contribution in [1.82, 2.24) is 0 Å². The van der Waals surface area contributed by atoms with Crippen molar-refractivity contribution >= 4 is 0 Å². The third-order valence-electron chi connectivity index (χ3n) is 8.73. The van der Waals surface area contributed by atoms with E-state index >= 15 is 0 Å². The molecule has 2 atom stereocenters. The van der Waals surface area contributed by atoms with E-state index < -0.39 is 0 Å². The summed E-state index contributed by atoms with van der Waals surface area (Å²) in [4.78, 5) is 0. The molecule has 0 amide bonds. The van der Waals surface area contributed by atoms with Crippen molar-refractivity contribution in [1.29, 1.82) is 0 Å². The number of allylic oxidation sites excluding steroid dienone is 3. The zero-order valence-electron chi connectivity index (χ0n) is 25.3.